The van der Waals surface area contributed by atoms with E-state index in [2.05, 4.69) is 9.84 Å². The van der Waals surface area contributed by atoms with Crippen molar-refractivity contribution in [2.45, 2.75) is 76.7 Å². The van der Waals surface area contributed by atoms with Crippen LogP contribution in [0.2, 0.25) is 0 Å². The van der Waals surface area contributed by atoms with E-state index >= 15 is 0 Å². The third kappa shape index (κ3) is 16.5. The zero-order chi connectivity index (χ0) is 17.7. The van der Waals surface area contributed by atoms with Crippen molar-refractivity contribution in [3.8, 4) is 0 Å². The van der Waals surface area contributed by atoms with Crippen molar-refractivity contribution in [3.63, 3.8) is 0 Å². The Balaban J connectivity index is 0.00000576. The molecule has 7 nitrogen and oxygen atoms in total. The fourth-order valence-electron chi connectivity index (χ4n) is 2.82. The molecule has 3 N–H and O–H groups in total. The molecule has 0 unspecified atom stereocenters. The SMILES string of the molecule is O=C(COC1CCCCCCC1)NCCCCCCOP(=O)(O)O.[Y]. The Hall–Kier alpha value is 0.644. The summed E-state index contributed by atoms with van der Waals surface area (Å²) >= 11 is 0. The van der Waals surface area contributed by atoms with Crippen LogP contribution in [0.4, 0.5) is 0 Å². The second kappa shape index (κ2) is 15.7. The van der Waals surface area contributed by atoms with Crippen LogP contribution in [0, 0.1) is 0 Å². The average molecular weight is 454 g/mol. The van der Waals surface area contributed by atoms with Gasteiger partial charge in [0, 0.05) is 39.3 Å². The summed E-state index contributed by atoms with van der Waals surface area (Å²) in [6.45, 7) is 0.804. The zero-order valence-electron chi connectivity index (χ0n) is 15.0. The number of nitrogens with one attached hydrogen (secondary N) is 1. The Morgan fingerprint density at radius 1 is 1.00 bits per heavy atom. The van der Waals surface area contributed by atoms with Crippen molar-refractivity contribution in [2.75, 3.05) is 19.8 Å². The molecule has 1 fully saturated rings. The van der Waals surface area contributed by atoms with Crippen LogP contribution < -0.4 is 5.32 Å². The van der Waals surface area contributed by atoms with E-state index in [-0.39, 0.29) is 57.9 Å². The van der Waals surface area contributed by atoms with Crippen molar-refractivity contribution in [2.24, 2.45) is 0 Å². The molecule has 0 aliphatic heterocycles. The number of hydrogen-bond donors (Lipinski definition) is 3. The maximum Gasteiger partial charge on any atom is 0.469 e. The van der Waals surface area contributed by atoms with Crippen molar-refractivity contribution in [3.05, 3.63) is 0 Å². The molecule has 9 heteroatoms. The number of ether oxygens (including phenoxy) is 1. The van der Waals surface area contributed by atoms with E-state index in [4.69, 9.17) is 14.5 Å². The quantitative estimate of drug-likeness (QED) is 0.328. The van der Waals surface area contributed by atoms with E-state index in [1.165, 1.54) is 32.1 Å². The topological polar surface area (TPSA) is 105 Å². The van der Waals surface area contributed by atoms with Gasteiger partial charge in [0.05, 0.1) is 12.7 Å². The molecule has 1 aliphatic rings. The minimum absolute atomic E-state index is 0. The molecule has 0 aromatic heterocycles. The molecule has 1 radical (unpaired) electrons. The Bertz CT molecular complexity index is 385. The maximum atomic E-state index is 11.7. The third-order valence-corrected chi connectivity index (χ3v) is 4.67. The van der Waals surface area contributed by atoms with Gasteiger partial charge in [-0.3, -0.25) is 9.32 Å². The van der Waals surface area contributed by atoms with Crippen LogP contribution in [0.3, 0.4) is 0 Å². The number of phosphoric acid groups is 1. The van der Waals surface area contributed by atoms with Gasteiger partial charge in [0.15, 0.2) is 0 Å². The van der Waals surface area contributed by atoms with Crippen molar-refractivity contribution < 1.29 is 61.1 Å². The predicted octanol–water partition coefficient (Wildman–Crippen LogP) is 2.90. The Morgan fingerprint density at radius 3 is 2.24 bits per heavy atom. The molecular weight excluding hydrogens is 422 g/mol. The predicted molar refractivity (Wildman–Crippen MR) is 91.5 cm³/mol. The van der Waals surface area contributed by atoms with E-state index in [1.807, 2.05) is 0 Å². The molecule has 1 aliphatic carbocycles. The molecular formula is C16H32NO6PY. The van der Waals surface area contributed by atoms with Gasteiger partial charge in [-0.15, -0.1) is 0 Å². The van der Waals surface area contributed by atoms with Gasteiger partial charge in [-0.1, -0.05) is 44.9 Å². The summed E-state index contributed by atoms with van der Waals surface area (Å²) in [6.07, 6.45) is 11.7. The van der Waals surface area contributed by atoms with Crippen LogP contribution in [0.1, 0.15) is 70.6 Å². The summed E-state index contributed by atoms with van der Waals surface area (Å²) in [4.78, 5) is 28.8. The summed E-state index contributed by atoms with van der Waals surface area (Å²) in [6, 6.07) is 0. The first kappa shape index (κ1) is 25.6. The van der Waals surface area contributed by atoms with Crippen LogP contribution in [-0.2, 0) is 51.3 Å². The average Bonchev–Trinajstić information content (AvgIpc) is 2.47. The van der Waals surface area contributed by atoms with E-state index in [1.54, 1.807) is 0 Å². The number of amides is 1. The van der Waals surface area contributed by atoms with Gasteiger partial charge in [-0.05, 0) is 25.7 Å². The fourth-order valence-corrected chi connectivity index (χ4v) is 3.19. The molecule has 25 heavy (non-hydrogen) atoms. The number of hydrogen-bond acceptors (Lipinski definition) is 4. The summed E-state index contributed by atoms with van der Waals surface area (Å²) in [5.41, 5.74) is 0. The van der Waals surface area contributed by atoms with Crippen LogP contribution in [0.15, 0.2) is 0 Å². The smallest absolute Gasteiger partial charge is 0.368 e. The molecule has 0 spiro atoms. The van der Waals surface area contributed by atoms with Gasteiger partial charge in [-0.25, -0.2) is 4.57 Å². The van der Waals surface area contributed by atoms with Gasteiger partial charge < -0.3 is 19.8 Å². The Labute approximate surface area is 176 Å². The van der Waals surface area contributed by atoms with E-state index < -0.39 is 7.82 Å². The molecule has 145 valence electrons. The molecule has 1 amide bonds. The second-order valence-corrected chi connectivity index (χ2v) is 7.61. The Morgan fingerprint density at radius 2 is 1.60 bits per heavy atom. The maximum absolute atomic E-state index is 11.7. The Kier molecular flexibility index (Phi) is 16.1. The second-order valence-electron chi connectivity index (χ2n) is 6.37. The van der Waals surface area contributed by atoms with Crippen LogP contribution in [0.5, 0.6) is 0 Å². The van der Waals surface area contributed by atoms with Gasteiger partial charge in [0.1, 0.15) is 6.61 Å². The molecule has 0 bridgehead atoms. The van der Waals surface area contributed by atoms with E-state index in [9.17, 15) is 9.36 Å². The largest absolute Gasteiger partial charge is 0.469 e. The summed E-state index contributed by atoms with van der Waals surface area (Å²) in [7, 11) is -4.34. The monoisotopic (exact) mass is 454 g/mol. The molecule has 0 saturated heterocycles. The van der Waals surface area contributed by atoms with Gasteiger partial charge in [0.25, 0.3) is 0 Å². The van der Waals surface area contributed by atoms with Crippen LogP contribution in [0.25, 0.3) is 0 Å². The number of unbranched alkanes of at least 4 members (excludes halogenated alkanes) is 3. The minimum Gasteiger partial charge on any atom is -0.368 e. The van der Waals surface area contributed by atoms with E-state index in [0.717, 1.165) is 32.1 Å². The molecule has 1 saturated carbocycles. The molecule has 0 aromatic carbocycles. The van der Waals surface area contributed by atoms with Crippen LogP contribution >= 0.6 is 7.82 Å². The number of rotatable bonds is 11. The molecule has 1 rings (SSSR count). The fraction of sp³-hybridized carbons (Fsp3) is 0.938. The summed E-state index contributed by atoms with van der Waals surface area (Å²) in [5.74, 6) is -0.0677. The first-order valence-corrected chi connectivity index (χ1v) is 10.6. The first-order chi connectivity index (χ1) is 11.5. The molecule has 0 heterocycles. The summed E-state index contributed by atoms with van der Waals surface area (Å²) in [5, 5.41) is 2.85. The summed E-state index contributed by atoms with van der Waals surface area (Å²) < 4.78 is 20.5. The third-order valence-electron chi connectivity index (χ3n) is 4.16. The standard InChI is InChI=1S/C16H32NO6P.Y/c18-16(14-22-15-10-6-2-1-3-7-11-15)17-12-8-4-5-9-13-23-24(19,20)21;/h15H,1-14H2,(H,17,18)(H2,19,20,21);. The normalized spacial score (nSPS) is 16.6. The zero-order valence-corrected chi connectivity index (χ0v) is 18.8. The van der Waals surface area contributed by atoms with Crippen molar-refractivity contribution in [1.82, 2.24) is 5.32 Å². The number of phosphoric ester groups is 1. The molecule has 0 atom stereocenters. The number of carbonyl (C=O) groups is 1. The first-order valence-electron chi connectivity index (χ1n) is 9.06. The van der Waals surface area contributed by atoms with Gasteiger partial charge >= 0.3 is 7.82 Å². The van der Waals surface area contributed by atoms with Gasteiger partial charge in [-0.2, -0.15) is 0 Å². The van der Waals surface area contributed by atoms with Crippen molar-refractivity contribution >= 4 is 13.7 Å². The van der Waals surface area contributed by atoms with E-state index in [0.29, 0.717) is 13.0 Å². The van der Waals surface area contributed by atoms with Crippen LogP contribution in [-0.4, -0.2) is 41.6 Å². The molecule has 0 aromatic rings. The van der Waals surface area contributed by atoms with Crippen molar-refractivity contribution in [1.29, 1.82) is 0 Å². The number of carbonyl (C=O) groups excluding carboxylic acids is 1. The van der Waals surface area contributed by atoms with Gasteiger partial charge in [0.2, 0.25) is 5.91 Å². The minimum atomic E-state index is -4.34.